The number of nitrogens with one attached hydrogen (secondary N) is 2. The van der Waals surface area contributed by atoms with E-state index in [9.17, 15) is 9.59 Å². The molecule has 0 bridgehead atoms. The number of carbonyl (C=O) groups is 2. The first kappa shape index (κ1) is 16.3. The number of anilines is 2. The quantitative estimate of drug-likeness (QED) is 0.785. The van der Waals surface area contributed by atoms with Crippen LogP contribution in [-0.2, 0) is 9.59 Å². The smallest absolute Gasteiger partial charge is 0.262 e. The zero-order valence-electron chi connectivity index (χ0n) is 11.3. The van der Waals surface area contributed by atoms with Crippen LogP contribution in [0.4, 0.5) is 11.4 Å². The van der Waals surface area contributed by atoms with Gasteiger partial charge in [-0.25, -0.2) is 0 Å². The standard InChI is InChI=1S/C13H17N3O3.ClH/c1-7(8(2)14)13(18)15-9-3-4-10-11(5-9)19-6-12(17)16-10;/h3-5,7-8H,6,14H2,1-2H3,(H,15,18)(H,16,17);1H. The number of rotatable bonds is 3. The Morgan fingerprint density at radius 1 is 1.45 bits per heavy atom. The first-order chi connectivity index (χ1) is 8.97. The summed E-state index contributed by atoms with van der Waals surface area (Å²) in [6.45, 7) is 3.55. The summed E-state index contributed by atoms with van der Waals surface area (Å²) in [4.78, 5) is 23.0. The van der Waals surface area contributed by atoms with E-state index >= 15 is 0 Å². The molecule has 1 aliphatic heterocycles. The summed E-state index contributed by atoms with van der Waals surface area (Å²) < 4.78 is 5.28. The second-order valence-corrected chi connectivity index (χ2v) is 4.68. The second-order valence-electron chi connectivity index (χ2n) is 4.68. The maximum absolute atomic E-state index is 11.9. The summed E-state index contributed by atoms with van der Waals surface area (Å²) >= 11 is 0. The van der Waals surface area contributed by atoms with E-state index in [4.69, 9.17) is 10.5 Å². The van der Waals surface area contributed by atoms with Crippen molar-refractivity contribution in [2.75, 3.05) is 17.2 Å². The van der Waals surface area contributed by atoms with E-state index in [0.717, 1.165) is 0 Å². The predicted octanol–water partition coefficient (Wildman–Crippen LogP) is 1.36. The average Bonchev–Trinajstić information content (AvgIpc) is 2.37. The minimum atomic E-state index is -0.281. The third kappa shape index (κ3) is 3.61. The Hall–Kier alpha value is -1.79. The van der Waals surface area contributed by atoms with Crippen LogP contribution >= 0.6 is 12.4 Å². The largest absolute Gasteiger partial charge is 0.482 e. The Morgan fingerprint density at radius 2 is 2.15 bits per heavy atom. The zero-order chi connectivity index (χ0) is 14.0. The van der Waals surface area contributed by atoms with E-state index in [-0.39, 0.29) is 42.8 Å². The van der Waals surface area contributed by atoms with Crippen molar-refractivity contribution in [1.29, 1.82) is 0 Å². The summed E-state index contributed by atoms with van der Waals surface area (Å²) in [6.07, 6.45) is 0. The number of carbonyl (C=O) groups excluding carboxylic acids is 2. The summed E-state index contributed by atoms with van der Waals surface area (Å²) in [6, 6.07) is 4.87. The van der Waals surface area contributed by atoms with Crippen LogP contribution in [0.2, 0.25) is 0 Å². The topological polar surface area (TPSA) is 93.5 Å². The van der Waals surface area contributed by atoms with Crippen molar-refractivity contribution in [2.24, 2.45) is 11.7 Å². The molecular weight excluding hydrogens is 282 g/mol. The molecule has 7 heteroatoms. The molecule has 0 aliphatic carbocycles. The molecule has 2 rings (SSSR count). The van der Waals surface area contributed by atoms with Crippen molar-refractivity contribution < 1.29 is 14.3 Å². The van der Waals surface area contributed by atoms with Gasteiger partial charge in [0.15, 0.2) is 6.61 Å². The minimum Gasteiger partial charge on any atom is -0.482 e. The van der Waals surface area contributed by atoms with Gasteiger partial charge in [0, 0.05) is 17.8 Å². The number of hydrogen-bond donors (Lipinski definition) is 3. The van der Waals surface area contributed by atoms with Gasteiger partial charge < -0.3 is 21.1 Å². The third-order valence-electron chi connectivity index (χ3n) is 3.08. The van der Waals surface area contributed by atoms with Crippen molar-refractivity contribution in [3.8, 4) is 5.75 Å². The molecule has 0 saturated heterocycles. The molecule has 1 aromatic rings. The highest BCUT2D eigenvalue weighted by Crippen LogP contribution is 2.30. The maximum atomic E-state index is 11.9. The number of fused-ring (bicyclic) bond motifs is 1. The molecule has 20 heavy (non-hydrogen) atoms. The lowest BCUT2D eigenvalue weighted by Gasteiger charge is -2.20. The van der Waals surface area contributed by atoms with E-state index in [2.05, 4.69) is 10.6 Å². The molecule has 0 saturated carbocycles. The molecule has 110 valence electrons. The second kappa shape index (κ2) is 6.58. The highest BCUT2D eigenvalue weighted by Gasteiger charge is 2.19. The van der Waals surface area contributed by atoms with E-state index in [0.29, 0.717) is 17.1 Å². The molecular formula is C13H18ClN3O3. The molecule has 1 heterocycles. The number of amides is 2. The normalized spacial score (nSPS) is 15.8. The number of nitrogens with two attached hydrogens (primary N) is 1. The molecule has 2 unspecified atom stereocenters. The van der Waals surface area contributed by atoms with E-state index in [1.54, 1.807) is 32.0 Å². The van der Waals surface area contributed by atoms with Gasteiger partial charge in [0.05, 0.1) is 11.6 Å². The van der Waals surface area contributed by atoms with Gasteiger partial charge in [-0.1, -0.05) is 6.92 Å². The van der Waals surface area contributed by atoms with Gasteiger partial charge in [-0.15, -0.1) is 12.4 Å². The van der Waals surface area contributed by atoms with Gasteiger partial charge in [0.2, 0.25) is 5.91 Å². The fraction of sp³-hybridized carbons (Fsp3) is 0.385. The van der Waals surface area contributed by atoms with Crippen molar-refractivity contribution in [2.45, 2.75) is 19.9 Å². The maximum Gasteiger partial charge on any atom is 0.262 e. The Morgan fingerprint density at radius 3 is 2.80 bits per heavy atom. The molecule has 1 aliphatic rings. The summed E-state index contributed by atoms with van der Waals surface area (Å²) in [5.74, 6) is -0.0628. The van der Waals surface area contributed by atoms with Crippen LogP contribution in [0.1, 0.15) is 13.8 Å². The lowest BCUT2D eigenvalue weighted by molar-refractivity contribution is -0.120. The van der Waals surface area contributed by atoms with Gasteiger partial charge in [0.25, 0.3) is 5.91 Å². The van der Waals surface area contributed by atoms with Crippen LogP contribution in [0, 0.1) is 5.92 Å². The van der Waals surface area contributed by atoms with E-state index < -0.39 is 0 Å². The number of halogens is 1. The first-order valence-electron chi connectivity index (χ1n) is 6.10. The van der Waals surface area contributed by atoms with Gasteiger partial charge >= 0.3 is 0 Å². The Labute approximate surface area is 123 Å². The summed E-state index contributed by atoms with van der Waals surface area (Å²) in [7, 11) is 0. The molecule has 1 aromatic carbocycles. The van der Waals surface area contributed by atoms with Gasteiger partial charge in [0.1, 0.15) is 5.75 Å². The first-order valence-corrected chi connectivity index (χ1v) is 6.10. The van der Waals surface area contributed by atoms with Crippen molar-refractivity contribution in [1.82, 2.24) is 0 Å². The van der Waals surface area contributed by atoms with Crippen LogP contribution in [-0.4, -0.2) is 24.5 Å². The number of benzene rings is 1. The fourth-order valence-electron chi connectivity index (χ4n) is 1.65. The van der Waals surface area contributed by atoms with Gasteiger partial charge in [-0.2, -0.15) is 0 Å². The van der Waals surface area contributed by atoms with Crippen LogP contribution in [0.5, 0.6) is 5.75 Å². The Balaban J connectivity index is 0.00000200. The minimum absolute atomic E-state index is 0. The van der Waals surface area contributed by atoms with Crippen LogP contribution in [0.3, 0.4) is 0 Å². The molecule has 0 radical (unpaired) electrons. The average molecular weight is 300 g/mol. The monoisotopic (exact) mass is 299 g/mol. The highest BCUT2D eigenvalue weighted by atomic mass is 35.5. The molecule has 0 fully saturated rings. The van der Waals surface area contributed by atoms with Crippen molar-refractivity contribution >= 4 is 35.6 Å². The zero-order valence-corrected chi connectivity index (χ0v) is 12.1. The van der Waals surface area contributed by atoms with Crippen LogP contribution in [0.25, 0.3) is 0 Å². The van der Waals surface area contributed by atoms with Crippen LogP contribution in [0.15, 0.2) is 18.2 Å². The van der Waals surface area contributed by atoms with Gasteiger partial charge in [-0.3, -0.25) is 9.59 Å². The van der Waals surface area contributed by atoms with Crippen molar-refractivity contribution in [3.05, 3.63) is 18.2 Å². The van der Waals surface area contributed by atoms with E-state index in [1.807, 2.05) is 0 Å². The molecule has 4 N–H and O–H groups in total. The number of hydrogen-bond acceptors (Lipinski definition) is 4. The fourth-order valence-corrected chi connectivity index (χ4v) is 1.65. The third-order valence-corrected chi connectivity index (χ3v) is 3.08. The summed E-state index contributed by atoms with van der Waals surface area (Å²) in [5, 5.41) is 5.46. The molecule has 6 nitrogen and oxygen atoms in total. The SMILES string of the molecule is CC(N)C(C)C(=O)Nc1ccc2c(c1)OCC(=O)N2.Cl. The lowest BCUT2D eigenvalue weighted by Crippen LogP contribution is -2.34. The molecule has 2 amide bonds. The van der Waals surface area contributed by atoms with Gasteiger partial charge in [-0.05, 0) is 19.1 Å². The predicted molar refractivity (Wildman–Crippen MR) is 79.3 cm³/mol. The summed E-state index contributed by atoms with van der Waals surface area (Å²) in [5.41, 5.74) is 6.91. The Bertz CT molecular complexity index is 520. The molecule has 0 spiro atoms. The Kier molecular flexibility index (Phi) is 5.35. The lowest BCUT2D eigenvalue weighted by atomic mass is 10.0. The number of ether oxygens (including phenoxy) is 1. The van der Waals surface area contributed by atoms with Crippen molar-refractivity contribution in [3.63, 3.8) is 0 Å². The molecule has 2 atom stereocenters. The van der Waals surface area contributed by atoms with E-state index in [1.165, 1.54) is 0 Å². The molecule has 0 aromatic heterocycles. The highest BCUT2D eigenvalue weighted by molar-refractivity contribution is 5.97. The van der Waals surface area contributed by atoms with Crippen LogP contribution < -0.4 is 21.1 Å².